The fourth-order valence-corrected chi connectivity index (χ4v) is 3.10. The van der Waals surface area contributed by atoms with Gasteiger partial charge in [-0.3, -0.25) is 4.79 Å². The Balaban J connectivity index is 1.76. The normalized spacial score (nSPS) is 28.4. The van der Waals surface area contributed by atoms with Gasteiger partial charge in [0, 0.05) is 19.1 Å². The molecule has 1 aliphatic carbocycles. The second kappa shape index (κ2) is 6.23. The molecule has 1 atom stereocenters. The first-order valence-electron chi connectivity index (χ1n) is 7.64. The summed E-state index contributed by atoms with van der Waals surface area (Å²) in [7, 11) is 0. The van der Waals surface area contributed by atoms with Crippen molar-refractivity contribution in [3.05, 3.63) is 0 Å². The van der Waals surface area contributed by atoms with Crippen LogP contribution in [0, 0.1) is 5.41 Å². The van der Waals surface area contributed by atoms with Crippen LogP contribution in [0.1, 0.15) is 52.4 Å². The van der Waals surface area contributed by atoms with Crippen molar-refractivity contribution >= 4 is 5.91 Å². The van der Waals surface area contributed by atoms with Gasteiger partial charge in [0.05, 0.1) is 6.10 Å². The van der Waals surface area contributed by atoms with Gasteiger partial charge in [0.15, 0.2) is 0 Å². The minimum Gasteiger partial charge on any atom is -0.368 e. The van der Waals surface area contributed by atoms with E-state index in [2.05, 4.69) is 13.8 Å². The number of piperidine rings is 1. The Bertz CT molecular complexity index is 311. The van der Waals surface area contributed by atoms with E-state index in [1.54, 1.807) is 0 Å². The fraction of sp³-hybridized carbons (Fsp3) is 0.933. The number of carbonyl (C=O) groups is 1. The minimum absolute atomic E-state index is 0.0126. The summed E-state index contributed by atoms with van der Waals surface area (Å²) in [5.41, 5.74) is 6.11. The quantitative estimate of drug-likeness (QED) is 0.851. The molecular formula is C15H28N2O2. The maximum atomic E-state index is 12.2. The molecule has 2 rings (SSSR count). The van der Waals surface area contributed by atoms with Crippen molar-refractivity contribution in [2.24, 2.45) is 11.1 Å². The maximum absolute atomic E-state index is 12.2. The van der Waals surface area contributed by atoms with Crippen LogP contribution >= 0.6 is 0 Å². The third-order valence-corrected chi connectivity index (χ3v) is 4.66. The van der Waals surface area contributed by atoms with Crippen LogP contribution in [0.15, 0.2) is 0 Å². The molecule has 19 heavy (non-hydrogen) atoms. The largest absolute Gasteiger partial charge is 0.368 e. The first kappa shape index (κ1) is 14.8. The van der Waals surface area contributed by atoms with Crippen LogP contribution in [0.2, 0.25) is 0 Å². The molecule has 4 heteroatoms. The summed E-state index contributed by atoms with van der Waals surface area (Å²) in [4.78, 5) is 14.1. The van der Waals surface area contributed by atoms with Crippen molar-refractivity contribution in [1.29, 1.82) is 0 Å². The Hall–Kier alpha value is -0.610. The number of ether oxygens (including phenoxy) is 1. The molecule has 0 radical (unpaired) electrons. The molecule has 0 aromatic carbocycles. The predicted octanol–water partition coefficient (Wildman–Crippen LogP) is 1.92. The molecule has 1 amide bonds. The molecule has 110 valence electrons. The van der Waals surface area contributed by atoms with Crippen LogP contribution in [0.5, 0.6) is 0 Å². The highest BCUT2D eigenvalue weighted by Gasteiger charge is 2.35. The molecule has 0 aromatic heterocycles. The minimum atomic E-state index is 0.0126. The van der Waals surface area contributed by atoms with Gasteiger partial charge < -0.3 is 15.4 Å². The van der Waals surface area contributed by atoms with Gasteiger partial charge in [0.1, 0.15) is 6.61 Å². The summed E-state index contributed by atoms with van der Waals surface area (Å²) in [5, 5.41) is 0. The molecule has 1 heterocycles. The van der Waals surface area contributed by atoms with Crippen LogP contribution in [0.3, 0.4) is 0 Å². The number of carbonyl (C=O) groups excluding carboxylic acids is 1. The summed E-state index contributed by atoms with van der Waals surface area (Å²) < 4.78 is 5.77. The Labute approximate surface area is 116 Å². The molecule has 0 bridgehead atoms. The predicted molar refractivity (Wildman–Crippen MR) is 75.8 cm³/mol. The highest BCUT2D eigenvalue weighted by molar-refractivity contribution is 5.77. The van der Waals surface area contributed by atoms with E-state index < -0.39 is 0 Å². The SMILES string of the molecule is CC1(C)CN(C(=O)COC2CCCCC2)CCC1N. The van der Waals surface area contributed by atoms with E-state index in [9.17, 15) is 4.79 Å². The molecule has 0 aromatic rings. The van der Waals surface area contributed by atoms with Crippen LogP contribution in [0.25, 0.3) is 0 Å². The first-order valence-corrected chi connectivity index (χ1v) is 7.64. The van der Waals surface area contributed by atoms with Gasteiger partial charge in [-0.2, -0.15) is 0 Å². The number of rotatable bonds is 3. The maximum Gasteiger partial charge on any atom is 0.248 e. The molecule has 1 saturated carbocycles. The first-order chi connectivity index (χ1) is 8.99. The number of amides is 1. The third-order valence-electron chi connectivity index (χ3n) is 4.66. The molecular weight excluding hydrogens is 240 g/mol. The highest BCUT2D eigenvalue weighted by Crippen LogP contribution is 2.28. The van der Waals surface area contributed by atoms with E-state index in [4.69, 9.17) is 10.5 Å². The zero-order valence-electron chi connectivity index (χ0n) is 12.4. The second-order valence-electron chi connectivity index (χ2n) is 6.77. The molecule has 1 aliphatic heterocycles. The number of hydrogen-bond acceptors (Lipinski definition) is 3. The van der Waals surface area contributed by atoms with Crippen LogP contribution in [0.4, 0.5) is 0 Å². The Kier molecular flexibility index (Phi) is 4.85. The van der Waals surface area contributed by atoms with Gasteiger partial charge >= 0.3 is 0 Å². The van der Waals surface area contributed by atoms with Crippen molar-refractivity contribution in [2.45, 2.75) is 64.5 Å². The van der Waals surface area contributed by atoms with Crippen molar-refractivity contribution in [1.82, 2.24) is 4.90 Å². The molecule has 2 fully saturated rings. The third kappa shape index (κ3) is 3.93. The van der Waals surface area contributed by atoms with Crippen molar-refractivity contribution < 1.29 is 9.53 Å². The van der Waals surface area contributed by atoms with Gasteiger partial charge in [0.2, 0.25) is 5.91 Å². The van der Waals surface area contributed by atoms with Crippen molar-refractivity contribution in [3.8, 4) is 0 Å². The van der Waals surface area contributed by atoms with Crippen molar-refractivity contribution in [3.63, 3.8) is 0 Å². The monoisotopic (exact) mass is 268 g/mol. The second-order valence-corrected chi connectivity index (χ2v) is 6.77. The van der Waals surface area contributed by atoms with Crippen LogP contribution in [-0.4, -0.2) is 42.6 Å². The number of nitrogens with two attached hydrogens (primary N) is 1. The lowest BCUT2D eigenvalue weighted by Crippen LogP contribution is -2.54. The summed E-state index contributed by atoms with van der Waals surface area (Å²) in [6, 6.07) is 0.191. The van der Waals surface area contributed by atoms with Crippen LogP contribution < -0.4 is 5.73 Å². The lowest BCUT2D eigenvalue weighted by molar-refractivity contribution is -0.142. The molecule has 0 spiro atoms. The average molecular weight is 268 g/mol. The topological polar surface area (TPSA) is 55.6 Å². The van der Waals surface area contributed by atoms with E-state index in [1.165, 1.54) is 19.3 Å². The lowest BCUT2D eigenvalue weighted by Gasteiger charge is -2.42. The zero-order chi connectivity index (χ0) is 13.9. The Morgan fingerprint density at radius 1 is 1.26 bits per heavy atom. The number of nitrogens with zero attached hydrogens (tertiary/aromatic N) is 1. The average Bonchev–Trinajstić information content (AvgIpc) is 2.40. The highest BCUT2D eigenvalue weighted by atomic mass is 16.5. The lowest BCUT2D eigenvalue weighted by atomic mass is 9.80. The number of hydrogen-bond donors (Lipinski definition) is 1. The van der Waals surface area contributed by atoms with E-state index in [-0.39, 0.29) is 24.0 Å². The Morgan fingerprint density at radius 2 is 1.95 bits per heavy atom. The fourth-order valence-electron chi connectivity index (χ4n) is 3.10. The van der Waals surface area contributed by atoms with Gasteiger partial charge in [-0.1, -0.05) is 33.1 Å². The zero-order valence-corrected chi connectivity index (χ0v) is 12.4. The summed E-state index contributed by atoms with van der Waals surface area (Å²) in [6.45, 7) is 6.05. The van der Waals surface area contributed by atoms with E-state index in [0.29, 0.717) is 6.10 Å². The van der Waals surface area contributed by atoms with Crippen LogP contribution in [-0.2, 0) is 9.53 Å². The Morgan fingerprint density at radius 3 is 2.58 bits per heavy atom. The summed E-state index contributed by atoms with van der Waals surface area (Å²) >= 11 is 0. The summed E-state index contributed by atoms with van der Waals surface area (Å²) in [6.07, 6.45) is 7.22. The molecule has 2 N–H and O–H groups in total. The standard InChI is InChI=1S/C15H28N2O2/c1-15(2)11-17(9-8-13(15)16)14(18)10-19-12-6-4-3-5-7-12/h12-13H,3-11,16H2,1-2H3. The van der Waals surface area contributed by atoms with Gasteiger partial charge in [-0.25, -0.2) is 0 Å². The van der Waals surface area contributed by atoms with E-state index in [1.807, 2.05) is 4.90 Å². The van der Waals surface area contributed by atoms with Crippen molar-refractivity contribution in [2.75, 3.05) is 19.7 Å². The number of likely N-dealkylation sites (tertiary alicyclic amines) is 1. The molecule has 4 nitrogen and oxygen atoms in total. The molecule has 1 unspecified atom stereocenters. The van der Waals surface area contributed by atoms with Gasteiger partial charge in [-0.05, 0) is 24.7 Å². The molecule has 2 aliphatic rings. The molecule has 1 saturated heterocycles. The summed E-state index contributed by atoms with van der Waals surface area (Å²) in [5.74, 6) is 0.130. The van der Waals surface area contributed by atoms with Gasteiger partial charge in [-0.15, -0.1) is 0 Å². The van der Waals surface area contributed by atoms with E-state index >= 15 is 0 Å². The van der Waals surface area contributed by atoms with Gasteiger partial charge in [0.25, 0.3) is 0 Å². The smallest absolute Gasteiger partial charge is 0.248 e. The van der Waals surface area contributed by atoms with E-state index in [0.717, 1.165) is 32.4 Å².